The normalized spacial score (nSPS) is 10.4. The lowest BCUT2D eigenvalue weighted by molar-refractivity contribution is -0.113. The molecule has 5 nitrogen and oxygen atoms in total. The Morgan fingerprint density at radius 3 is 2.06 bits per heavy atom. The van der Waals surface area contributed by atoms with Gasteiger partial charge in [-0.25, -0.2) is 9.97 Å². The van der Waals surface area contributed by atoms with Crippen molar-refractivity contribution in [1.29, 1.82) is 5.26 Å². The molecule has 4 aromatic rings. The SMILES string of the molecule is N#Cc1ccc(Cl)cc1NC(=O)CSc1nc(-c2ccccc2)cc(-c2ccccc2)n1. The number of hydrogen-bond acceptors (Lipinski definition) is 5. The van der Waals surface area contributed by atoms with Gasteiger partial charge in [0.2, 0.25) is 5.91 Å². The van der Waals surface area contributed by atoms with E-state index in [1.807, 2.05) is 72.8 Å². The molecule has 7 heteroatoms. The number of carbonyl (C=O) groups excluding carboxylic acids is 1. The minimum Gasteiger partial charge on any atom is -0.324 e. The molecule has 0 spiro atoms. The van der Waals surface area contributed by atoms with Crippen molar-refractivity contribution in [2.75, 3.05) is 11.1 Å². The fourth-order valence-corrected chi connectivity index (χ4v) is 3.87. The van der Waals surface area contributed by atoms with Crippen molar-refractivity contribution in [1.82, 2.24) is 9.97 Å². The first-order valence-corrected chi connectivity index (χ1v) is 11.1. The van der Waals surface area contributed by atoms with E-state index in [-0.39, 0.29) is 11.7 Å². The Bertz CT molecular complexity index is 1230. The molecule has 0 aliphatic heterocycles. The number of nitrogens with one attached hydrogen (secondary N) is 1. The van der Waals surface area contributed by atoms with Crippen LogP contribution in [0.2, 0.25) is 5.02 Å². The van der Waals surface area contributed by atoms with Crippen molar-refractivity contribution in [3.05, 3.63) is 95.5 Å². The molecule has 4 rings (SSSR count). The van der Waals surface area contributed by atoms with Crippen molar-refractivity contribution < 1.29 is 4.79 Å². The molecular formula is C25H17ClN4OS. The lowest BCUT2D eigenvalue weighted by atomic mass is 10.1. The summed E-state index contributed by atoms with van der Waals surface area (Å²) in [6.07, 6.45) is 0. The molecule has 0 fully saturated rings. The van der Waals surface area contributed by atoms with Gasteiger partial charge < -0.3 is 5.32 Å². The molecule has 0 aliphatic carbocycles. The highest BCUT2D eigenvalue weighted by Crippen LogP contribution is 2.27. The molecule has 156 valence electrons. The van der Waals surface area contributed by atoms with Crippen molar-refractivity contribution in [3.8, 4) is 28.6 Å². The minimum absolute atomic E-state index is 0.0872. The lowest BCUT2D eigenvalue weighted by Gasteiger charge is -2.10. The van der Waals surface area contributed by atoms with Crippen molar-refractivity contribution in [2.45, 2.75) is 5.16 Å². The summed E-state index contributed by atoms with van der Waals surface area (Å²) in [6.45, 7) is 0. The van der Waals surface area contributed by atoms with Crippen LogP contribution in [-0.2, 0) is 4.79 Å². The Hall–Kier alpha value is -3.66. The molecule has 1 N–H and O–H groups in total. The molecule has 0 radical (unpaired) electrons. The summed E-state index contributed by atoms with van der Waals surface area (Å²) >= 11 is 7.23. The van der Waals surface area contributed by atoms with Crippen LogP contribution in [0.4, 0.5) is 5.69 Å². The molecule has 0 saturated heterocycles. The third kappa shape index (κ3) is 5.33. The van der Waals surface area contributed by atoms with E-state index in [1.165, 1.54) is 11.8 Å². The number of hydrogen-bond donors (Lipinski definition) is 1. The van der Waals surface area contributed by atoms with E-state index in [4.69, 9.17) is 11.6 Å². The first kappa shape index (κ1) is 21.6. The van der Waals surface area contributed by atoms with Crippen LogP contribution in [-0.4, -0.2) is 21.6 Å². The number of nitriles is 1. The highest BCUT2D eigenvalue weighted by molar-refractivity contribution is 7.99. The summed E-state index contributed by atoms with van der Waals surface area (Å²) in [7, 11) is 0. The van der Waals surface area contributed by atoms with Gasteiger partial charge in [-0.2, -0.15) is 5.26 Å². The largest absolute Gasteiger partial charge is 0.324 e. The lowest BCUT2D eigenvalue weighted by Crippen LogP contribution is -2.15. The topological polar surface area (TPSA) is 78.7 Å². The van der Waals surface area contributed by atoms with E-state index < -0.39 is 0 Å². The van der Waals surface area contributed by atoms with Gasteiger partial charge in [-0.1, -0.05) is 84.0 Å². The zero-order valence-electron chi connectivity index (χ0n) is 16.8. The molecule has 0 aliphatic rings. The van der Waals surface area contributed by atoms with Gasteiger partial charge in [0, 0.05) is 16.1 Å². The molecule has 0 bridgehead atoms. The van der Waals surface area contributed by atoms with E-state index in [0.29, 0.717) is 21.4 Å². The van der Waals surface area contributed by atoms with Crippen LogP contribution >= 0.6 is 23.4 Å². The molecule has 0 atom stereocenters. The van der Waals surface area contributed by atoms with Crippen LogP contribution < -0.4 is 5.32 Å². The number of aromatic nitrogens is 2. The molecular weight excluding hydrogens is 440 g/mol. The van der Waals surface area contributed by atoms with Crippen molar-refractivity contribution in [2.24, 2.45) is 0 Å². The number of benzene rings is 3. The standard InChI is InChI=1S/C25H17ClN4OS/c26-20-12-11-19(15-27)21(13-20)28-24(31)16-32-25-29-22(17-7-3-1-4-8-17)14-23(30-25)18-9-5-2-6-10-18/h1-14H,16H2,(H,28,31). The van der Waals surface area contributed by atoms with Crippen LogP contribution in [0.3, 0.4) is 0 Å². The van der Waals surface area contributed by atoms with Crippen molar-refractivity contribution in [3.63, 3.8) is 0 Å². The third-order valence-corrected chi connectivity index (χ3v) is 5.64. The first-order chi connectivity index (χ1) is 15.6. The summed E-state index contributed by atoms with van der Waals surface area (Å²) < 4.78 is 0. The van der Waals surface area contributed by atoms with Crippen LogP contribution in [0.1, 0.15) is 5.56 Å². The van der Waals surface area contributed by atoms with Crippen molar-refractivity contribution >= 4 is 35.0 Å². The third-order valence-electron chi connectivity index (χ3n) is 4.55. The molecule has 3 aromatic carbocycles. The van der Waals surface area contributed by atoms with Crippen LogP contribution in [0.5, 0.6) is 0 Å². The average Bonchev–Trinajstić information content (AvgIpc) is 2.84. The van der Waals surface area contributed by atoms with Gasteiger partial charge in [0.25, 0.3) is 0 Å². The molecule has 1 heterocycles. The zero-order chi connectivity index (χ0) is 22.3. The fraction of sp³-hybridized carbons (Fsp3) is 0.0400. The Kier molecular flexibility index (Phi) is 6.81. The number of thioether (sulfide) groups is 1. The molecule has 32 heavy (non-hydrogen) atoms. The van der Waals surface area contributed by atoms with E-state index in [2.05, 4.69) is 15.3 Å². The highest BCUT2D eigenvalue weighted by Gasteiger charge is 2.12. The number of nitrogens with zero attached hydrogens (tertiary/aromatic N) is 3. The van der Waals surface area contributed by atoms with Crippen LogP contribution in [0, 0.1) is 11.3 Å². The van der Waals surface area contributed by atoms with E-state index >= 15 is 0 Å². The number of rotatable bonds is 6. The van der Waals surface area contributed by atoms with Crippen LogP contribution in [0.15, 0.2) is 90.1 Å². The molecule has 0 unspecified atom stereocenters. The van der Waals surface area contributed by atoms with Gasteiger partial charge in [-0.15, -0.1) is 0 Å². The number of halogens is 1. The summed E-state index contributed by atoms with van der Waals surface area (Å²) in [5.74, 6) is -0.187. The fourth-order valence-electron chi connectivity index (χ4n) is 3.04. The second-order valence-corrected chi connectivity index (χ2v) is 8.17. The number of anilines is 1. The quantitative estimate of drug-likeness (QED) is 0.281. The van der Waals surface area contributed by atoms with Gasteiger partial charge in [0.15, 0.2) is 5.16 Å². The van der Waals surface area contributed by atoms with E-state index in [9.17, 15) is 10.1 Å². The first-order valence-electron chi connectivity index (χ1n) is 9.74. The summed E-state index contributed by atoms with van der Waals surface area (Å²) in [5, 5.41) is 12.9. The summed E-state index contributed by atoms with van der Waals surface area (Å²) in [5.41, 5.74) is 4.23. The highest BCUT2D eigenvalue weighted by atomic mass is 35.5. The second-order valence-electron chi connectivity index (χ2n) is 6.79. The van der Waals surface area contributed by atoms with Crippen LogP contribution in [0.25, 0.3) is 22.5 Å². The zero-order valence-corrected chi connectivity index (χ0v) is 18.4. The maximum atomic E-state index is 12.5. The summed E-state index contributed by atoms with van der Waals surface area (Å²) in [4.78, 5) is 21.8. The Balaban J connectivity index is 1.57. The predicted octanol–water partition coefficient (Wildman–Crippen LogP) is 6.07. The number of amides is 1. The summed E-state index contributed by atoms with van der Waals surface area (Å²) in [6, 6.07) is 28.4. The van der Waals surface area contributed by atoms with Gasteiger partial charge >= 0.3 is 0 Å². The predicted molar refractivity (Wildman–Crippen MR) is 128 cm³/mol. The smallest absolute Gasteiger partial charge is 0.234 e. The molecule has 0 saturated carbocycles. The van der Waals surface area contributed by atoms with Gasteiger partial charge in [-0.05, 0) is 24.3 Å². The average molecular weight is 457 g/mol. The van der Waals surface area contributed by atoms with E-state index in [1.54, 1.807) is 18.2 Å². The molecule has 1 amide bonds. The van der Waals surface area contributed by atoms with Gasteiger partial charge in [0.1, 0.15) is 6.07 Å². The number of carbonyl (C=O) groups is 1. The Morgan fingerprint density at radius 2 is 1.50 bits per heavy atom. The Morgan fingerprint density at radius 1 is 0.906 bits per heavy atom. The van der Waals surface area contributed by atoms with Gasteiger partial charge in [0.05, 0.1) is 28.4 Å². The van der Waals surface area contributed by atoms with Gasteiger partial charge in [-0.3, -0.25) is 4.79 Å². The Labute approximate surface area is 195 Å². The monoisotopic (exact) mass is 456 g/mol. The second kappa shape index (κ2) is 10.1. The maximum absolute atomic E-state index is 12.5. The minimum atomic E-state index is -0.274. The molecule has 1 aromatic heterocycles. The maximum Gasteiger partial charge on any atom is 0.234 e. The van der Waals surface area contributed by atoms with E-state index in [0.717, 1.165) is 22.5 Å².